The number of benzene rings is 1. The van der Waals surface area contributed by atoms with Crippen molar-refractivity contribution < 1.29 is 13.9 Å². The molecule has 1 heterocycles. The summed E-state index contributed by atoms with van der Waals surface area (Å²) in [5.41, 5.74) is 1.50. The molecule has 1 aliphatic carbocycles. The lowest BCUT2D eigenvalue weighted by Gasteiger charge is -2.29. The van der Waals surface area contributed by atoms with Crippen LogP contribution in [-0.2, 0) is 6.54 Å². The molecule has 1 aromatic heterocycles. The highest BCUT2D eigenvalue weighted by Crippen LogP contribution is 2.36. The third kappa shape index (κ3) is 3.45. The molecular formula is C19H24N2O3. The highest BCUT2D eigenvalue weighted by Gasteiger charge is 2.36. The molecule has 24 heavy (non-hydrogen) atoms. The minimum Gasteiger partial charge on any atom is -0.497 e. The van der Waals surface area contributed by atoms with E-state index in [2.05, 4.69) is 11.9 Å². The molecule has 128 valence electrons. The number of hydrogen-bond donors (Lipinski definition) is 0. The Bertz CT molecular complexity index is 717. The van der Waals surface area contributed by atoms with E-state index in [1.165, 1.54) is 12.8 Å². The Hall–Kier alpha value is -2.30. The maximum Gasteiger partial charge on any atom is 0.276 e. The smallest absolute Gasteiger partial charge is 0.276 e. The van der Waals surface area contributed by atoms with Crippen LogP contribution in [0.5, 0.6) is 5.75 Å². The lowest BCUT2D eigenvalue weighted by molar-refractivity contribution is 0.0647. The van der Waals surface area contributed by atoms with Gasteiger partial charge in [-0.2, -0.15) is 0 Å². The molecular weight excluding hydrogens is 304 g/mol. The molecule has 1 fully saturated rings. The molecule has 0 bridgehead atoms. The van der Waals surface area contributed by atoms with E-state index in [0.717, 1.165) is 11.3 Å². The van der Waals surface area contributed by atoms with Crippen LogP contribution in [0.2, 0.25) is 0 Å². The molecule has 0 aliphatic heterocycles. The van der Waals surface area contributed by atoms with Crippen LogP contribution in [0.3, 0.4) is 0 Å². The normalized spacial score (nSPS) is 15.2. The summed E-state index contributed by atoms with van der Waals surface area (Å²) < 4.78 is 10.6. The maximum atomic E-state index is 13.1. The predicted octanol–water partition coefficient (Wildman–Crippen LogP) is 3.74. The second-order valence-electron chi connectivity index (χ2n) is 6.50. The fourth-order valence-electron chi connectivity index (χ4n) is 3.02. The molecule has 0 radical (unpaired) electrons. The number of oxazole rings is 1. The molecule has 1 saturated carbocycles. The number of aromatic nitrogens is 1. The lowest BCUT2D eigenvalue weighted by atomic mass is 10.1. The summed E-state index contributed by atoms with van der Waals surface area (Å²) in [6.07, 6.45) is 2.37. The second-order valence-corrected chi connectivity index (χ2v) is 6.50. The van der Waals surface area contributed by atoms with E-state index in [9.17, 15) is 4.79 Å². The van der Waals surface area contributed by atoms with Crippen LogP contribution in [0.15, 0.2) is 28.7 Å². The zero-order valence-electron chi connectivity index (χ0n) is 14.7. The topological polar surface area (TPSA) is 55.6 Å². The van der Waals surface area contributed by atoms with Crippen molar-refractivity contribution in [2.75, 3.05) is 7.11 Å². The quantitative estimate of drug-likeness (QED) is 0.810. The first-order valence-corrected chi connectivity index (χ1v) is 8.37. The summed E-state index contributed by atoms with van der Waals surface area (Å²) in [4.78, 5) is 19.3. The molecule has 0 N–H and O–H groups in total. The van der Waals surface area contributed by atoms with Crippen molar-refractivity contribution in [2.45, 2.75) is 46.2 Å². The zero-order chi connectivity index (χ0) is 17.3. The standard InChI is InChI=1S/C19H24N2O3/c1-12(16-7-8-16)21(11-15-5-9-17(23-4)10-6-15)19(22)18-13(2)24-14(3)20-18/h5-6,9-10,12,16H,7-8,11H2,1-4H3. The fourth-order valence-corrected chi connectivity index (χ4v) is 3.02. The fraction of sp³-hybridized carbons (Fsp3) is 0.474. The van der Waals surface area contributed by atoms with Gasteiger partial charge in [0.25, 0.3) is 5.91 Å². The van der Waals surface area contributed by atoms with Gasteiger partial charge in [0.15, 0.2) is 11.6 Å². The highest BCUT2D eigenvalue weighted by molar-refractivity contribution is 5.93. The minimum absolute atomic E-state index is 0.0560. The van der Waals surface area contributed by atoms with E-state index < -0.39 is 0 Å². The lowest BCUT2D eigenvalue weighted by Crippen LogP contribution is -2.39. The molecule has 1 aliphatic rings. The van der Waals surface area contributed by atoms with E-state index in [-0.39, 0.29) is 11.9 Å². The van der Waals surface area contributed by atoms with Gasteiger partial charge in [-0.05, 0) is 50.3 Å². The second kappa shape index (κ2) is 6.67. The van der Waals surface area contributed by atoms with Crippen LogP contribution >= 0.6 is 0 Å². The van der Waals surface area contributed by atoms with Gasteiger partial charge in [-0.3, -0.25) is 4.79 Å². The molecule has 1 atom stereocenters. The molecule has 5 heteroatoms. The molecule has 1 unspecified atom stereocenters. The summed E-state index contributed by atoms with van der Waals surface area (Å²) in [7, 11) is 1.65. The van der Waals surface area contributed by atoms with Crippen LogP contribution in [0.1, 0.15) is 47.5 Å². The van der Waals surface area contributed by atoms with Crippen LogP contribution in [-0.4, -0.2) is 28.9 Å². The van der Waals surface area contributed by atoms with Gasteiger partial charge in [-0.1, -0.05) is 12.1 Å². The highest BCUT2D eigenvalue weighted by atomic mass is 16.5. The van der Waals surface area contributed by atoms with Gasteiger partial charge in [0.2, 0.25) is 0 Å². The van der Waals surface area contributed by atoms with Crippen LogP contribution in [0.25, 0.3) is 0 Å². The van der Waals surface area contributed by atoms with Crippen molar-refractivity contribution in [2.24, 2.45) is 5.92 Å². The van der Waals surface area contributed by atoms with Crippen molar-refractivity contribution in [1.29, 1.82) is 0 Å². The number of rotatable bonds is 6. The Morgan fingerprint density at radius 1 is 1.33 bits per heavy atom. The minimum atomic E-state index is -0.0560. The number of ether oxygens (including phenoxy) is 1. The number of aryl methyl sites for hydroxylation is 2. The van der Waals surface area contributed by atoms with Crippen molar-refractivity contribution >= 4 is 5.91 Å². The molecule has 3 rings (SSSR count). The Balaban J connectivity index is 1.85. The summed E-state index contributed by atoms with van der Waals surface area (Å²) in [6.45, 7) is 6.25. The van der Waals surface area contributed by atoms with Gasteiger partial charge in [0.05, 0.1) is 7.11 Å². The summed E-state index contributed by atoms with van der Waals surface area (Å²) in [6, 6.07) is 8.03. The van der Waals surface area contributed by atoms with Gasteiger partial charge in [0, 0.05) is 19.5 Å². The molecule has 5 nitrogen and oxygen atoms in total. The first-order chi connectivity index (χ1) is 11.5. The first kappa shape index (κ1) is 16.6. The maximum absolute atomic E-state index is 13.1. The number of nitrogens with zero attached hydrogens (tertiary/aromatic N) is 2. The molecule has 0 spiro atoms. The number of carbonyl (C=O) groups is 1. The number of carbonyl (C=O) groups excluding carboxylic acids is 1. The van der Waals surface area contributed by atoms with Gasteiger partial charge in [-0.25, -0.2) is 4.98 Å². The Morgan fingerprint density at radius 3 is 2.50 bits per heavy atom. The van der Waals surface area contributed by atoms with E-state index in [1.807, 2.05) is 29.2 Å². The summed E-state index contributed by atoms with van der Waals surface area (Å²) in [5.74, 6) is 2.45. The monoisotopic (exact) mass is 328 g/mol. The molecule has 1 aromatic carbocycles. The average Bonchev–Trinajstić information content (AvgIpc) is 3.36. The van der Waals surface area contributed by atoms with Crippen molar-refractivity contribution in [1.82, 2.24) is 9.88 Å². The van der Waals surface area contributed by atoms with Crippen molar-refractivity contribution in [3.63, 3.8) is 0 Å². The molecule has 2 aromatic rings. The number of methoxy groups -OCH3 is 1. The van der Waals surface area contributed by atoms with Crippen LogP contribution in [0, 0.1) is 19.8 Å². The van der Waals surface area contributed by atoms with Crippen molar-refractivity contribution in [3.8, 4) is 5.75 Å². The van der Waals surface area contributed by atoms with Gasteiger partial charge in [-0.15, -0.1) is 0 Å². The number of hydrogen-bond acceptors (Lipinski definition) is 4. The molecule has 1 amide bonds. The predicted molar refractivity (Wildman–Crippen MR) is 91.0 cm³/mol. The number of amides is 1. The first-order valence-electron chi connectivity index (χ1n) is 8.37. The van der Waals surface area contributed by atoms with E-state index in [0.29, 0.717) is 29.8 Å². The zero-order valence-corrected chi connectivity index (χ0v) is 14.7. The Kier molecular flexibility index (Phi) is 4.60. The Labute approximate surface area is 142 Å². The SMILES string of the molecule is COc1ccc(CN(C(=O)c2nc(C)oc2C)C(C)C2CC2)cc1. The van der Waals surface area contributed by atoms with E-state index in [1.54, 1.807) is 21.0 Å². The largest absolute Gasteiger partial charge is 0.497 e. The van der Waals surface area contributed by atoms with Crippen molar-refractivity contribution in [3.05, 3.63) is 47.2 Å². The van der Waals surface area contributed by atoms with Crippen LogP contribution < -0.4 is 4.74 Å². The van der Waals surface area contributed by atoms with E-state index in [4.69, 9.17) is 9.15 Å². The van der Waals surface area contributed by atoms with Gasteiger partial charge >= 0.3 is 0 Å². The molecule has 0 saturated heterocycles. The van der Waals surface area contributed by atoms with Gasteiger partial charge < -0.3 is 14.1 Å². The third-order valence-electron chi connectivity index (χ3n) is 4.67. The summed E-state index contributed by atoms with van der Waals surface area (Å²) in [5, 5.41) is 0. The Morgan fingerprint density at radius 2 is 2.00 bits per heavy atom. The van der Waals surface area contributed by atoms with E-state index >= 15 is 0 Å². The summed E-state index contributed by atoms with van der Waals surface area (Å²) >= 11 is 0. The van der Waals surface area contributed by atoms with Crippen LogP contribution in [0.4, 0.5) is 0 Å². The van der Waals surface area contributed by atoms with Gasteiger partial charge in [0.1, 0.15) is 11.5 Å². The third-order valence-corrected chi connectivity index (χ3v) is 4.67. The average molecular weight is 328 g/mol.